The smallest absolute Gasteiger partial charge is 0.416 e. The van der Waals surface area contributed by atoms with Crippen LogP contribution < -0.4 is 47.4 Å². The van der Waals surface area contributed by atoms with Crippen LogP contribution in [0.3, 0.4) is 0 Å². The summed E-state index contributed by atoms with van der Waals surface area (Å²) in [5.41, 5.74) is -3.73. The molecule has 1 aliphatic rings. The van der Waals surface area contributed by atoms with E-state index in [1.165, 1.54) is 143 Å². The molecule has 2 N–H and O–H groups in total. The predicted molar refractivity (Wildman–Crippen MR) is 348 cm³/mol. The number of rotatable bonds is 23. The third-order valence-electron chi connectivity index (χ3n) is 15.6. The largest absolute Gasteiger partial charge is 0.497 e. The van der Waals surface area contributed by atoms with Crippen molar-refractivity contribution in [3.8, 4) is 34.3 Å². The normalized spacial score (nSPS) is 13.3. The number of amides is 3. The lowest BCUT2D eigenvalue weighted by molar-refractivity contribution is -0.143. The molecule has 98 heavy (non-hydrogen) atoms. The summed E-state index contributed by atoms with van der Waals surface area (Å²) < 4.78 is 212. The number of halogens is 7. The molecule has 0 saturated carbocycles. The number of carbonyl (C=O) groups is 3. The fourth-order valence-corrected chi connectivity index (χ4v) is 15.2. The Morgan fingerprint density at radius 3 is 1.68 bits per heavy atom. The first-order valence-corrected chi connectivity index (χ1v) is 33.5. The van der Waals surface area contributed by atoms with Crippen molar-refractivity contribution in [2.45, 2.75) is 39.4 Å². The highest BCUT2D eigenvalue weighted by atomic mass is 32.2. The Kier molecular flexibility index (Phi) is 20.4. The number of nitrogens with zero attached hydrogens (tertiary/aromatic N) is 6. The van der Waals surface area contributed by atoms with E-state index >= 15 is 21.6 Å². The van der Waals surface area contributed by atoms with Crippen LogP contribution in [0.5, 0.6) is 23.0 Å². The summed E-state index contributed by atoms with van der Waals surface area (Å²) in [6, 6.07) is 37.3. The lowest BCUT2D eigenvalue weighted by Gasteiger charge is -2.36. The summed E-state index contributed by atoms with van der Waals surface area (Å²) in [5.74, 6) is -3.85. The maximum absolute atomic E-state index is 15.3. The minimum Gasteiger partial charge on any atom is -0.497 e. The molecule has 7 aromatic carbocycles. The molecular formula is C67H57F7N8O13S3. The zero-order valence-electron chi connectivity index (χ0n) is 51.9. The van der Waals surface area contributed by atoms with Crippen molar-refractivity contribution in [3.05, 3.63) is 223 Å². The third-order valence-corrected chi connectivity index (χ3v) is 20.9. The second-order valence-corrected chi connectivity index (χ2v) is 27.2. The number of benzene rings is 7. The number of sulfonamides is 3. The average molecular weight is 1410 g/mol. The molecule has 3 amide bonds. The van der Waals surface area contributed by atoms with Gasteiger partial charge in [-0.3, -0.25) is 32.3 Å². The van der Waals surface area contributed by atoms with E-state index in [1.54, 1.807) is 30.3 Å². The molecule has 0 fully saturated rings. The predicted octanol–water partition coefficient (Wildman–Crippen LogP) is 11.8. The first-order valence-electron chi connectivity index (χ1n) is 29.2. The van der Waals surface area contributed by atoms with Crippen molar-refractivity contribution in [3.63, 3.8) is 0 Å². The van der Waals surface area contributed by atoms with Crippen LogP contribution in [0.2, 0.25) is 0 Å². The van der Waals surface area contributed by atoms with Crippen LogP contribution in [0.15, 0.2) is 209 Å². The van der Waals surface area contributed by atoms with E-state index < -0.39 is 118 Å². The number of fused-ring (bicyclic) bond motifs is 1. The van der Waals surface area contributed by atoms with Crippen molar-refractivity contribution in [1.29, 1.82) is 0 Å². The molecular weight excluding hydrogens is 1350 g/mol. The van der Waals surface area contributed by atoms with Gasteiger partial charge in [0.2, 0.25) is 23.7 Å². The number of para-hydroxylation sites is 1. The van der Waals surface area contributed by atoms with Crippen LogP contribution in [-0.2, 0) is 56.8 Å². The molecule has 10 rings (SSSR count). The minimum atomic E-state index is -5.39. The molecule has 510 valence electrons. The van der Waals surface area contributed by atoms with E-state index in [4.69, 9.17) is 18.9 Å². The number of nitrogens with one attached hydrogen (secondary N) is 2. The van der Waals surface area contributed by atoms with E-state index in [0.717, 1.165) is 45.1 Å². The molecule has 2 aromatic heterocycles. The number of pyridine rings is 2. The minimum absolute atomic E-state index is 0.00114. The molecule has 0 radical (unpaired) electrons. The molecule has 0 saturated heterocycles. The van der Waals surface area contributed by atoms with Crippen molar-refractivity contribution in [1.82, 2.24) is 9.97 Å². The molecule has 21 nitrogen and oxygen atoms in total. The maximum atomic E-state index is 15.3. The maximum Gasteiger partial charge on any atom is 0.416 e. The number of anilines is 6. The van der Waals surface area contributed by atoms with E-state index in [9.17, 15) is 48.7 Å². The lowest BCUT2D eigenvalue weighted by Crippen LogP contribution is -2.45. The highest BCUT2D eigenvalue weighted by molar-refractivity contribution is 7.93. The van der Waals surface area contributed by atoms with Crippen LogP contribution in [0.25, 0.3) is 11.3 Å². The summed E-state index contributed by atoms with van der Waals surface area (Å²) in [7, 11) is -9.31. The number of aromatic nitrogens is 2. The van der Waals surface area contributed by atoms with Crippen LogP contribution in [0, 0.1) is 5.95 Å². The average Bonchev–Trinajstić information content (AvgIpc) is 0.767. The molecule has 0 spiro atoms. The van der Waals surface area contributed by atoms with Crippen molar-refractivity contribution in [2.75, 3.05) is 83.1 Å². The van der Waals surface area contributed by atoms with E-state index in [2.05, 4.69) is 20.6 Å². The van der Waals surface area contributed by atoms with Gasteiger partial charge in [0.25, 0.3) is 30.1 Å². The second kappa shape index (κ2) is 28.5. The Balaban J connectivity index is 0.937. The SMILES string of the molecule is COc1ccc(OC)c(N(CC(=O)Nc2ccnc(F)c2)S(=O)(=O)c2cccc(C3CCN(C(=O)CN(c4cc(OC)ccc4OC)S(=O)(=O)c4ccc(-c5ncccc5NC(=O)CN(c5cc(C(F)(F)F)cc(C(F)(F)F)c5)S(=O)(=O)c5ccccc5)cc4)c4ccccc43)c2)c1. The quantitative estimate of drug-likeness (QED) is 0.0446. The summed E-state index contributed by atoms with van der Waals surface area (Å²) in [6.07, 6.45) is -8.20. The fourth-order valence-electron chi connectivity index (χ4n) is 10.9. The Hall–Kier alpha value is -10.8. The molecule has 9 aromatic rings. The lowest BCUT2D eigenvalue weighted by atomic mass is 9.84. The van der Waals surface area contributed by atoms with Gasteiger partial charge < -0.3 is 34.5 Å². The van der Waals surface area contributed by atoms with Gasteiger partial charge in [-0.1, -0.05) is 60.7 Å². The van der Waals surface area contributed by atoms with Gasteiger partial charge in [-0.25, -0.2) is 30.2 Å². The van der Waals surface area contributed by atoms with E-state index in [0.29, 0.717) is 16.8 Å². The number of hydrogen-bond donors (Lipinski definition) is 2. The number of carbonyl (C=O) groups excluding carboxylic acids is 3. The first-order chi connectivity index (χ1) is 46.5. The van der Waals surface area contributed by atoms with Crippen LogP contribution >= 0.6 is 0 Å². The molecule has 1 unspecified atom stereocenters. The molecule has 31 heteroatoms. The number of ether oxygens (including phenoxy) is 4. The number of methoxy groups -OCH3 is 4. The summed E-state index contributed by atoms with van der Waals surface area (Å²) in [4.78, 5) is 50.8. The van der Waals surface area contributed by atoms with Crippen molar-refractivity contribution >= 4 is 81.9 Å². The van der Waals surface area contributed by atoms with Crippen molar-refractivity contribution < 1.29 is 89.3 Å². The zero-order chi connectivity index (χ0) is 70.5. The summed E-state index contributed by atoms with van der Waals surface area (Å²) in [5, 5.41) is 4.94. The number of hydrogen-bond acceptors (Lipinski definition) is 15. The van der Waals surface area contributed by atoms with E-state index in [1.807, 2.05) is 0 Å². The molecule has 0 aliphatic carbocycles. The standard InChI is InChI=1S/C67H57F7N8O13S3/c1-92-48-21-25-59(94-3)57(37-48)81(40-62(83)77-46-27-30-75-61(68)36-46)98(90,91)52-15-10-12-43(32-52)53-28-31-79(56-18-9-8-16-54(53)56)64(85)41-82(58-38-49(93-2)22-26-60(58)95-4)97(88,89)51-23-19-42(20-24-51)65-55(17-11-29-76-65)78-63(84)39-80(96(86,87)50-13-6-5-7-14-50)47-34-44(66(69,70)71)33-45(35-47)67(72,73)74/h5-27,29-30,32-38,53H,28,31,39-41H2,1-4H3,(H,78,84)(H,75,77,83). The molecule has 1 atom stereocenters. The molecule has 0 bridgehead atoms. The van der Waals surface area contributed by atoms with Gasteiger partial charge in [-0.2, -0.15) is 30.7 Å². The van der Waals surface area contributed by atoms with Gasteiger partial charge in [0, 0.05) is 60.0 Å². The van der Waals surface area contributed by atoms with Gasteiger partial charge in [0.15, 0.2) is 0 Å². The van der Waals surface area contributed by atoms with Gasteiger partial charge in [-0.15, -0.1) is 0 Å². The summed E-state index contributed by atoms with van der Waals surface area (Å²) >= 11 is 0. The van der Waals surface area contributed by atoms with E-state index in [-0.39, 0.29) is 97.4 Å². The van der Waals surface area contributed by atoms with Crippen LogP contribution in [0.4, 0.5) is 64.9 Å². The Bertz CT molecular complexity index is 4810. The monoisotopic (exact) mass is 1410 g/mol. The Morgan fingerprint density at radius 2 is 1.08 bits per heavy atom. The second-order valence-electron chi connectivity index (χ2n) is 21.6. The summed E-state index contributed by atoms with van der Waals surface area (Å²) in [6.45, 7) is -3.08. The highest BCUT2D eigenvalue weighted by Gasteiger charge is 2.41. The Morgan fingerprint density at radius 1 is 0.531 bits per heavy atom. The topological polar surface area (TPSA) is 253 Å². The third kappa shape index (κ3) is 15.1. The first kappa shape index (κ1) is 70.0. The Labute approximate surface area is 557 Å². The molecule has 3 heterocycles. The van der Waals surface area contributed by atoms with Crippen molar-refractivity contribution in [2.24, 2.45) is 0 Å². The van der Waals surface area contributed by atoms with Crippen LogP contribution in [0.1, 0.15) is 34.6 Å². The fraction of sp³-hybridized carbons (Fsp3) is 0.179. The zero-order valence-corrected chi connectivity index (χ0v) is 54.4. The van der Waals surface area contributed by atoms with Gasteiger partial charge in [0.1, 0.15) is 42.6 Å². The molecule has 1 aliphatic heterocycles. The van der Waals surface area contributed by atoms with Gasteiger partial charge in [0.05, 0.1) is 82.7 Å². The van der Waals surface area contributed by atoms with Gasteiger partial charge in [-0.05, 0) is 121 Å². The number of alkyl halides is 6. The van der Waals surface area contributed by atoms with Gasteiger partial charge >= 0.3 is 12.4 Å². The van der Waals surface area contributed by atoms with Crippen LogP contribution in [-0.4, -0.2) is 108 Å². The highest BCUT2D eigenvalue weighted by Crippen LogP contribution is 2.44.